The van der Waals surface area contributed by atoms with Gasteiger partial charge in [-0.05, 0) is 43.5 Å². The molecule has 0 aliphatic rings. The van der Waals surface area contributed by atoms with Gasteiger partial charge in [-0.25, -0.2) is 0 Å². The van der Waals surface area contributed by atoms with E-state index in [-0.39, 0.29) is 5.91 Å². The van der Waals surface area contributed by atoms with E-state index in [1.54, 1.807) is 23.7 Å². The molecule has 0 unspecified atom stereocenters. The van der Waals surface area contributed by atoms with E-state index >= 15 is 0 Å². The molecule has 0 radical (unpaired) electrons. The summed E-state index contributed by atoms with van der Waals surface area (Å²) in [7, 11) is 1.81. The number of carbonyl (C=O) groups excluding carboxylic acids is 1. The fourth-order valence-corrected chi connectivity index (χ4v) is 1.79. The molecule has 1 aromatic rings. The summed E-state index contributed by atoms with van der Waals surface area (Å²) in [6.07, 6.45) is 2.86. The minimum Gasteiger partial charge on any atom is -0.342 e. The van der Waals surface area contributed by atoms with Crippen LogP contribution >= 0.6 is 11.8 Å². The summed E-state index contributed by atoms with van der Waals surface area (Å²) in [6, 6.07) is 7.67. The molecule has 88 valence electrons. The number of thioether (sulfide) groups is 1. The highest BCUT2D eigenvalue weighted by atomic mass is 32.2. The van der Waals surface area contributed by atoms with Gasteiger partial charge in [-0.3, -0.25) is 4.79 Å². The SMILES string of the molecule is CSc1ccc(C(=O)N(C)CCCN)cc1. The van der Waals surface area contributed by atoms with Gasteiger partial charge in [0.2, 0.25) is 0 Å². The lowest BCUT2D eigenvalue weighted by Gasteiger charge is -2.16. The van der Waals surface area contributed by atoms with Crippen molar-refractivity contribution >= 4 is 17.7 Å². The highest BCUT2D eigenvalue weighted by Crippen LogP contribution is 2.15. The summed E-state index contributed by atoms with van der Waals surface area (Å²) in [4.78, 5) is 14.8. The van der Waals surface area contributed by atoms with Gasteiger partial charge in [0.05, 0.1) is 0 Å². The van der Waals surface area contributed by atoms with Crippen LogP contribution in [0.5, 0.6) is 0 Å². The maximum atomic E-state index is 11.9. The zero-order valence-corrected chi connectivity index (χ0v) is 10.6. The predicted octanol–water partition coefficient (Wildman–Crippen LogP) is 1.83. The number of hydrogen-bond acceptors (Lipinski definition) is 3. The summed E-state index contributed by atoms with van der Waals surface area (Å²) < 4.78 is 0. The number of nitrogens with two attached hydrogens (primary N) is 1. The van der Waals surface area contributed by atoms with E-state index in [0.717, 1.165) is 12.0 Å². The molecule has 0 bridgehead atoms. The number of amides is 1. The highest BCUT2D eigenvalue weighted by Gasteiger charge is 2.10. The van der Waals surface area contributed by atoms with Crippen molar-refractivity contribution < 1.29 is 4.79 Å². The van der Waals surface area contributed by atoms with Gasteiger partial charge in [-0.2, -0.15) is 0 Å². The molecule has 2 N–H and O–H groups in total. The Balaban J connectivity index is 2.64. The lowest BCUT2D eigenvalue weighted by atomic mass is 10.2. The molecule has 1 rings (SSSR count). The van der Waals surface area contributed by atoms with Crippen molar-refractivity contribution in [3.8, 4) is 0 Å². The van der Waals surface area contributed by atoms with Gasteiger partial charge in [-0.1, -0.05) is 0 Å². The van der Waals surface area contributed by atoms with E-state index in [1.165, 1.54) is 4.90 Å². The molecule has 0 heterocycles. The quantitative estimate of drug-likeness (QED) is 0.796. The third-order valence-electron chi connectivity index (χ3n) is 2.38. The highest BCUT2D eigenvalue weighted by molar-refractivity contribution is 7.98. The van der Waals surface area contributed by atoms with Gasteiger partial charge in [-0.15, -0.1) is 11.8 Å². The largest absolute Gasteiger partial charge is 0.342 e. The monoisotopic (exact) mass is 238 g/mol. The first kappa shape index (κ1) is 13.1. The zero-order valence-electron chi connectivity index (χ0n) is 9.77. The molecule has 4 heteroatoms. The molecular formula is C12H18N2OS. The molecule has 0 saturated heterocycles. The van der Waals surface area contributed by atoms with E-state index in [2.05, 4.69) is 0 Å². The van der Waals surface area contributed by atoms with Crippen LogP contribution in [0.15, 0.2) is 29.2 Å². The fraction of sp³-hybridized carbons (Fsp3) is 0.417. The minimum absolute atomic E-state index is 0.0566. The van der Waals surface area contributed by atoms with E-state index < -0.39 is 0 Å². The third-order valence-corrected chi connectivity index (χ3v) is 3.12. The average Bonchev–Trinajstić information content (AvgIpc) is 2.35. The smallest absolute Gasteiger partial charge is 0.253 e. The van der Waals surface area contributed by atoms with Crippen LogP contribution in [-0.2, 0) is 0 Å². The fourth-order valence-electron chi connectivity index (χ4n) is 1.38. The number of nitrogens with zero attached hydrogens (tertiary/aromatic N) is 1. The second kappa shape index (κ2) is 6.55. The summed E-state index contributed by atoms with van der Waals surface area (Å²) in [5.41, 5.74) is 6.15. The van der Waals surface area contributed by atoms with Crippen molar-refractivity contribution in [3.05, 3.63) is 29.8 Å². The zero-order chi connectivity index (χ0) is 12.0. The maximum Gasteiger partial charge on any atom is 0.253 e. The van der Waals surface area contributed by atoms with Crippen LogP contribution in [-0.4, -0.2) is 37.2 Å². The van der Waals surface area contributed by atoms with Crippen LogP contribution in [0.2, 0.25) is 0 Å². The molecule has 1 amide bonds. The normalized spacial score (nSPS) is 10.2. The molecule has 0 atom stereocenters. The van der Waals surface area contributed by atoms with Gasteiger partial charge < -0.3 is 10.6 Å². The first-order valence-electron chi connectivity index (χ1n) is 5.28. The summed E-state index contributed by atoms with van der Waals surface area (Å²) in [6.45, 7) is 1.32. The molecule has 0 aromatic heterocycles. The van der Waals surface area contributed by atoms with Gasteiger partial charge in [0.1, 0.15) is 0 Å². The van der Waals surface area contributed by atoms with E-state index in [4.69, 9.17) is 5.73 Å². The lowest BCUT2D eigenvalue weighted by molar-refractivity contribution is 0.0794. The Morgan fingerprint density at radius 3 is 2.50 bits per heavy atom. The van der Waals surface area contributed by atoms with Crippen LogP contribution in [0, 0.1) is 0 Å². The van der Waals surface area contributed by atoms with Crippen LogP contribution < -0.4 is 5.73 Å². The number of hydrogen-bond donors (Lipinski definition) is 1. The molecule has 3 nitrogen and oxygen atoms in total. The summed E-state index contributed by atoms with van der Waals surface area (Å²) in [5.74, 6) is 0.0566. The van der Waals surface area contributed by atoms with Gasteiger partial charge >= 0.3 is 0 Å². The summed E-state index contributed by atoms with van der Waals surface area (Å²) in [5, 5.41) is 0. The van der Waals surface area contributed by atoms with Crippen molar-refractivity contribution in [2.75, 3.05) is 26.4 Å². The molecular weight excluding hydrogens is 220 g/mol. The van der Waals surface area contributed by atoms with Crippen molar-refractivity contribution in [1.82, 2.24) is 4.90 Å². The lowest BCUT2D eigenvalue weighted by Crippen LogP contribution is -2.28. The van der Waals surface area contributed by atoms with Crippen LogP contribution in [0.25, 0.3) is 0 Å². The Morgan fingerprint density at radius 1 is 1.38 bits per heavy atom. The molecule has 0 aliphatic carbocycles. The number of benzene rings is 1. The minimum atomic E-state index is 0.0566. The van der Waals surface area contributed by atoms with Crippen molar-refractivity contribution in [2.24, 2.45) is 5.73 Å². The van der Waals surface area contributed by atoms with Crippen LogP contribution in [0.1, 0.15) is 16.8 Å². The Bertz CT molecular complexity index is 337. The third kappa shape index (κ3) is 3.54. The second-order valence-electron chi connectivity index (χ2n) is 3.60. The van der Waals surface area contributed by atoms with Gasteiger partial charge in [0, 0.05) is 24.1 Å². The van der Waals surface area contributed by atoms with E-state index in [9.17, 15) is 4.79 Å². The van der Waals surface area contributed by atoms with Gasteiger partial charge in [0.15, 0.2) is 0 Å². The first-order chi connectivity index (χ1) is 7.69. The van der Waals surface area contributed by atoms with Crippen molar-refractivity contribution in [3.63, 3.8) is 0 Å². The predicted molar refractivity (Wildman–Crippen MR) is 68.9 cm³/mol. The van der Waals surface area contributed by atoms with Crippen LogP contribution in [0.3, 0.4) is 0 Å². The molecule has 1 aromatic carbocycles. The maximum absolute atomic E-state index is 11.9. The summed E-state index contributed by atoms with van der Waals surface area (Å²) >= 11 is 1.67. The van der Waals surface area contributed by atoms with E-state index in [1.807, 2.05) is 30.5 Å². The first-order valence-corrected chi connectivity index (χ1v) is 6.51. The van der Waals surface area contributed by atoms with Gasteiger partial charge in [0.25, 0.3) is 5.91 Å². The Labute approximate surface area is 101 Å². The standard InChI is InChI=1S/C12H18N2OS/c1-14(9-3-8-13)12(15)10-4-6-11(16-2)7-5-10/h4-7H,3,8-9,13H2,1-2H3. The topological polar surface area (TPSA) is 46.3 Å². The van der Waals surface area contributed by atoms with Crippen LogP contribution in [0.4, 0.5) is 0 Å². The molecule has 16 heavy (non-hydrogen) atoms. The molecule has 0 fully saturated rings. The Hall–Kier alpha value is -1.00. The van der Waals surface area contributed by atoms with Crippen molar-refractivity contribution in [2.45, 2.75) is 11.3 Å². The molecule has 0 spiro atoms. The number of carbonyl (C=O) groups is 1. The molecule has 0 aliphatic heterocycles. The molecule has 0 saturated carbocycles. The Morgan fingerprint density at radius 2 is 2.00 bits per heavy atom. The average molecular weight is 238 g/mol. The van der Waals surface area contributed by atoms with Crippen molar-refractivity contribution in [1.29, 1.82) is 0 Å². The Kier molecular flexibility index (Phi) is 5.35. The van der Waals surface area contributed by atoms with E-state index in [0.29, 0.717) is 13.1 Å². The second-order valence-corrected chi connectivity index (χ2v) is 4.48. The number of rotatable bonds is 5.